The molecule has 1 aromatic heterocycles. The fraction of sp³-hybridized carbons (Fsp3) is 0.241. The number of fused-ring (bicyclic) bond motifs is 1. The minimum absolute atomic E-state index is 0.132. The lowest BCUT2D eigenvalue weighted by Gasteiger charge is -2.31. The summed E-state index contributed by atoms with van der Waals surface area (Å²) < 4.78 is 11.7. The van der Waals surface area contributed by atoms with E-state index in [-0.39, 0.29) is 17.4 Å². The SMILES string of the molecule is Cc1c(-c2ccccc2)oc2c(C(=O)NC(CN3CCOCC3)c3ccccc3)cccc2c1=O. The number of nitrogens with one attached hydrogen (secondary N) is 1. The van der Waals surface area contributed by atoms with Gasteiger partial charge in [-0.25, -0.2) is 0 Å². The van der Waals surface area contributed by atoms with Gasteiger partial charge in [-0.2, -0.15) is 0 Å². The third kappa shape index (κ3) is 4.90. The highest BCUT2D eigenvalue weighted by molar-refractivity contribution is 6.05. The van der Waals surface area contributed by atoms with Gasteiger partial charge in [-0.3, -0.25) is 14.5 Å². The average molecular weight is 469 g/mol. The summed E-state index contributed by atoms with van der Waals surface area (Å²) in [5.74, 6) is 0.208. The average Bonchev–Trinajstić information content (AvgIpc) is 2.91. The van der Waals surface area contributed by atoms with Crippen LogP contribution in [0.3, 0.4) is 0 Å². The third-order valence-corrected chi connectivity index (χ3v) is 6.48. The molecule has 178 valence electrons. The van der Waals surface area contributed by atoms with E-state index in [1.165, 1.54) is 0 Å². The van der Waals surface area contributed by atoms with Gasteiger partial charge in [0, 0.05) is 30.8 Å². The Bertz CT molecular complexity index is 1380. The molecular weight excluding hydrogens is 440 g/mol. The monoisotopic (exact) mass is 468 g/mol. The van der Waals surface area contributed by atoms with Crippen LogP contribution in [0.2, 0.25) is 0 Å². The molecular formula is C29H28N2O4. The Labute approximate surface area is 204 Å². The topological polar surface area (TPSA) is 71.8 Å². The van der Waals surface area contributed by atoms with Crippen molar-refractivity contribution in [2.45, 2.75) is 13.0 Å². The number of nitrogens with zero attached hydrogens (tertiary/aromatic N) is 1. The number of hydrogen-bond donors (Lipinski definition) is 1. The highest BCUT2D eigenvalue weighted by Crippen LogP contribution is 2.28. The highest BCUT2D eigenvalue weighted by Gasteiger charge is 2.23. The van der Waals surface area contributed by atoms with E-state index >= 15 is 0 Å². The fourth-order valence-electron chi connectivity index (χ4n) is 4.55. The van der Waals surface area contributed by atoms with Crippen LogP contribution in [0.5, 0.6) is 0 Å². The number of hydrogen-bond acceptors (Lipinski definition) is 5. The zero-order chi connectivity index (χ0) is 24.2. The van der Waals surface area contributed by atoms with Gasteiger partial charge in [0.2, 0.25) is 0 Å². The zero-order valence-corrected chi connectivity index (χ0v) is 19.7. The predicted octanol–water partition coefficient (Wildman–Crippen LogP) is 4.57. The molecule has 4 aromatic rings. The molecule has 1 N–H and O–H groups in total. The minimum atomic E-state index is -0.274. The molecule has 1 saturated heterocycles. The molecule has 1 fully saturated rings. The first kappa shape index (κ1) is 23.0. The second-order valence-corrected chi connectivity index (χ2v) is 8.78. The van der Waals surface area contributed by atoms with E-state index in [9.17, 15) is 9.59 Å². The highest BCUT2D eigenvalue weighted by atomic mass is 16.5. The molecule has 3 aromatic carbocycles. The van der Waals surface area contributed by atoms with Crippen molar-refractivity contribution in [2.24, 2.45) is 0 Å². The summed E-state index contributed by atoms with van der Waals surface area (Å²) in [4.78, 5) is 29.1. The molecule has 1 aliphatic rings. The van der Waals surface area contributed by atoms with Gasteiger partial charge >= 0.3 is 0 Å². The van der Waals surface area contributed by atoms with E-state index in [0.717, 1.165) is 24.2 Å². The summed E-state index contributed by atoms with van der Waals surface area (Å²) in [6.45, 7) is 5.44. The molecule has 35 heavy (non-hydrogen) atoms. The molecule has 0 aliphatic carbocycles. The summed E-state index contributed by atoms with van der Waals surface area (Å²) in [7, 11) is 0. The van der Waals surface area contributed by atoms with Crippen molar-refractivity contribution in [1.29, 1.82) is 0 Å². The molecule has 2 heterocycles. The van der Waals surface area contributed by atoms with Crippen LogP contribution in [0, 0.1) is 6.92 Å². The smallest absolute Gasteiger partial charge is 0.255 e. The fourth-order valence-corrected chi connectivity index (χ4v) is 4.55. The van der Waals surface area contributed by atoms with Gasteiger partial charge in [0.05, 0.1) is 30.2 Å². The number of carbonyl (C=O) groups is 1. The standard InChI is InChI=1S/C29H28N2O4/c1-20-26(32)23-13-8-14-24(28(23)35-27(20)22-11-6-3-7-12-22)29(33)30-25(21-9-4-2-5-10-21)19-31-15-17-34-18-16-31/h2-14,25H,15-19H2,1H3,(H,30,33). The molecule has 1 unspecified atom stereocenters. The summed E-state index contributed by atoms with van der Waals surface area (Å²) in [5, 5.41) is 3.60. The van der Waals surface area contributed by atoms with Crippen molar-refractivity contribution in [3.63, 3.8) is 0 Å². The summed E-state index contributed by atoms with van der Waals surface area (Å²) in [6, 6.07) is 24.4. The lowest BCUT2D eigenvalue weighted by molar-refractivity contribution is 0.0332. The van der Waals surface area contributed by atoms with E-state index in [1.807, 2.05) is 60.7 Å². The minimum Gasteiger partial charge on any atom is -0.455 e. The van der Waals surface area contributed by atoms with Gasteiger partial charge in [-0.1, -0.05) is 66.7 Å². The molecule has 5 rings (SSSR count). The summed E-state index contributed by atoms with van der Waals surface area (Å²) >= 11 is 0. The first-order chi connectivity index (χ1) is 17.1. The number of rotatable bonds is 6. The van der Waals surface area contributed by atoms with Gasteiger partial charge in [-0.05, 0) is 24.6 Å². The maximum atomic E-state index is 13.6. The largest absolute Gasteiger partial charge is 0.455 e. The van der Waals surface area contributed by atoms with Crippen molar-refractivity contribution >= 4 is 16.9 Å². The Morgan fingerprint density at radius 2 is 1.63 bits per heavy atom. The lowest BCUT2D eigenvalue weighted by atomic mass is 10.0. The molecule has 6 nitrogen and oxygen atoms in total. The van der Waals surface area contributed by atoms with Crippen LogP contribution in [0.15, 0.2) is 88.1 Å². The molecule has 0 bridgehead atoms. The van der Waals surface area contributed by atoms with Gasteiger partial charge in [0.15, 0.2) is 11.0 Å². The van der Waals surface area contributed by atoms with Crippen molar-refractivity contribution in [1.82, 2.24) is 10.2 Å². The first-order valence-electron chi connectivity index (χ1n) is 11.9. The van der Waals surface area contributed by atoms with E-state index in [4.69, 9.17) is 9.15 Å². The van der Waals surface area contributed by atoms with Gasteiger partial charge in [0.1, 0.15) is 5.76 Å². The molecule has 1 atom stereocenters. The zero-order valence-electron chi connectivity index (χ0n) is 19.7. The van der Waals surface area contributed by atoms with Gasteiger partial charge in [-0.15, -0.1) is 0 Å². The summed E-state index contributed by atoms with van der Waals surface area (Å²) in [6.07, 6.45) is 0. The molecule has 0 saturated carbocycles. The van der Waals surface area contributed by atoms with E-state index in [0.29, 0.717) is 47.6 Å². The maximum absolute atomic E-state index is 13.6. The predicted molar refractivity (Wildman–Crippen MR) is 137 cm³/mol. The number of benzene rings is 3. The first-order valence-corrected chi connectivity index (χ1v) is 11.9. The number of carbonyl (C=O) groups excluding carboxylic acids is 1. The number of morpholine rings is 1. The van der Waals surface area contributed by atoms with E-state index in [1.54, 1.807) is 25.1 Å². The second kappa shape index (κ2) is 10.3. The maximum Gasteiger partial charge on any atom is 0.255 e. The molecule has 0 spiro atoms. The number of ether oxygens (including phenoxy) is 1. The Balaban J connectivity index is 1.52. The van der Waals surface area contributed by atoms with Gasteiger partial charge < -0.3 is 14.5 Å². The van der Waals surface area contributed by atoms with Crippen molar-refractivity contribution in [2.75, 3.05) is 32.8 Å². The Hall–Kier alpha value is -3.74. The van der Waals surface area contributed by atoms with Crippen molar-refractivity contribution in [3.8, 4) is 11.3 Å². The lowest BCUT2D eigenvalue weighted by Crippen LogP contribution is -2.43. The van der Waals surface area contributed by atoms with Crippen LogP contribution in [-0.2, 0) is 4.74 Å². The normalized spacial score (nSPS) is 15.1. The summed E-state index contributed by atoms with van der Waals surface area (Å²) in [5.41, 5.74) is 2.87. The van der Waals surface area contributed by atoms with Crippen LogP contribution in [0.25, 0.3) is 22.3 Å². The Morgan fingerprint density at radius 1 is 0.943 bits per heavy atom. The Kier molecular flexibility index (Phi) is 6.75. The van der Waals surface area contributed by atoms with Crippen LogP contribution in [0.1, 0.15) is 27.5 Å². The van der Waals surface area contributed by atoms with Crippen molar-refractivity contribution < 1.29 is 13.9 Å². The molecule has 6 heteroatoms. The van der Waals surface area contributed by atoms with Crippen LogP contribution in [0.4, 0.5) is 0 Å². The third-order valence-electron chi connectivity index (χ3n) is 6.48. The van der Waals surface area contributed by atoms with Crippen LogP contribution in [-0.4, -0.2) is 43.7 Å². The van der Waals surface area contributed by atoms with E-state index < -0.39 is 0 Å². The van der Waals surface area contributed by atoms with Crippen LogP contribution < -0.4 is 10.7 Å². The second-order valence-electron chi connectivity index (χ2n) is 8.78. The number of para-hydroxylation sites is 1. The van der Waals surface area contributed by atoms with E-state index in [2.05, 4.69) is 10.2 Å². The number of amides is 1. The molecule has 1 aliphatic heterocycles. The molecule has 0 radical (unpaired) electrons. The van der Waals surface area contributed by atoms with Gasteiger partial charge in [0.25, 0.3) is 5.91 Å². The van der Waals surface area contributed by atoms with Crippen LogP contribution >= 0.6 is 0 Å². The van der Waals surface area contributed by atoms with Crippen molar-refractivity contribution in [3.05, 3.63) is 106 Å². The molecule has 1 amide bonds. The Morgan fingerprint density at radius 3 is 2.34 bits per heavy atom. The quantitative estimate of drug-likeness (QED) is 0.449.